The highest BCUT2D eigenvalue weighted by molar-refractivity contribution is 5.57. The molecule has 0 spiro atoms. The Morgan fingerprint density at radius 1 is 1.36 bits per heavy atom. The highest BCUT2D eigenvalue weighted by Crippen LogP contribution is 1.88. The van der Waals surface area contributed by atoms with E-state index in [0.717, 1.165) is 6.29 Å². The largest absolute Gasteiger partial charge is 0.300 e. The highest BCUT2D eigenvalue weighted by Gasteiger charge is 2.21. The Bertz CT molecular complexity index is 141. The topological polar surface area (TPSA) is 65.2 Å². The molecule has 4 N–H and O–H groups in total. The van der Waals surface area contributed by atoms with Crippen LogP contribution in [-0.2, 0) is 4.79 Å². The molecule has 0 aromatic heterocycles. The van der Waals surface area contributed by atoms with Gasteiger partial charge in [-0.25, -0.2) is 0 Å². The lowest BCUT2D eigenvalue weighted by Gasteiger charge is -2.34. The number of carbonyl (C=O) groups is 1. The Hall–Kier alpha value is -0.490. The summed E-state index contributed by atoms with van der Waals surface area (Å²) in [5.74, 6) is 0. The quantitative estimate of drug-likeness (QED) is 0.355. The van der Waals surface area contributed by atoms with Crippen molar-refractivity contribution >= 4 is 6.29 Å². The van der Waals surface area contributed by atoms with Crippen LogP contribution in [0.1, 0.15) is 6.92 Å². The lowest BCUT2D eigenvalue weighted by Crippen LogP contribution is -2.70. The Labute approximate surface area is 65.9 Å². The first-order chi connectivity index (χ1) is 5.26. The second-order valence-electron chi connectivity index (χ2n) is 2.56. The minimum atomic E-state index is -0.260. The van der Waals surface area contributed by atoms with Gasteiger partial charge in [-0.1, -0.05) is 0 Å². The van der Waals surface area contributed by atoms with Crippen LogP contribution in [0.4, 0.5) is 0 Å². The van der Waals surface area contributed by atoms with Gasteiger partial charge in [-0.2, -0.15) is 0 Å². The summed E-state index contributed by atoms with van der Waals surface area (Å²) in [5, 5.41) is 12.1. The van der Waals surface area contributed by atoms with Crippen LogP contribution < -0.4 is 21.3 Å². The predicted octanol–water partition coefficient (Wildman–Crippen LogP) is -1.86. The van der Waals surface area contributed by atoms with Gasteiger partial charge < -0.3 is 4.79 Å². The molecule has 0 saturated carbocycles. The predicted molar refractivity (Wildman–Crippen MR) is 41.6 cm³/mol. The maximum Gasteiger partial charge on any atom is 0.151 e. The molecule has 5 heteroatoms. The number of rotatable bonds is 2. The summed E-state index contributed by atoms with van der Waals surface area (Å²) >= 11 is 0. The third-order valence-electron chi connectivity index (χ3n) is 1.62. The van der Waals surface area contributed by atoms with Crippen molar-refractivity contribution in [3.63, 3.8) is 0 Å². The molecule has 1 heterocycles. The minimum absolute atomic E-state index is 0.00134. The van der Waals surface area contributed by atoms with Gasteiger partial charge in [0.1, 0.15) is 12.5 Å². The van der Waals surface area contributed by atoms with E-state index in [1.807, 2.05) is 14.0 Å². The molecule has 64 valence electrons. The molecule has 1 saturated heterocycles. The molecule has 1 aliphatic rings. The molecule has 11 heavy (non-hydrogen) atoms. The van der Waals surface area contributed by atoms with Crippen molar-refractivity contribution < 1.29 is 4.79 Å². The smallest absolute Gasteiger partial charge is 0.151 e. The molecule has 3 unspecified atom stereocenters. The van der Waals surface area contributed by atoms with Gasteiger partial charge >= 0.3 is 0 Å². The molecule has 0 aromatic rings. The molecule has 0 amide bonds. The van der Waals surface area contributed by atoms with E-state index in [4.69, 9.17) is 0 Å². The fourth-order valence-electron chi connectivity index (χ4n) is 1.09. The molecule has 0 radical (unpaired) electrons. The summed E-state index contributed by atoms with van der Waals surface area (Å²) < 4.78 is 0. The molecule has 1 rings (SSSR count). The number of aldehydes is 1. The van der Waals surface area contributed by atoms with Crippen LogP contribution in [0.25, 0.3) is 0 Å². The van der Waals surface area contributed by atoms with Crippen LogP contribution in [0.2, 0.25) is 0 Å². The fraction of sp³-hybridized carbons (Fsp3) is 0.833. The first-order valence-corrected chi connectivity index (χ1v) is 3.67. The summed E-state index contributed by atoms with van der Waals surface area (Å²) in [4.78, 5) is 10.4. The molecule has 3 atom stereocenters. The second-order valence-corrected chi connectivity index (χ2v) is 2.56. The monoisotopic (exact) mass is 158 g/mol. The van der Waals surface area contributed by atoms with E-state index >= 15 is 0 Å². The van der Waals surface area contributed by atoms with Gasteiger partial charge in [0.2, 0.25) is 0 Å². The molecule has 5 nitrogen and oxygen atoms in total. The van der Waals surface area contributed by atoms with Gasteiger partial charge in [0.05, 0.1) is 6.17 Å². The zero-order valence-corrected chi connectivity index (χ0v) is 6.72. The molecule has 0 aliphatic carbocycles. The average Bonchev–Trinajstić information content (AvgIpc) is 2.03. The maximum atomic E-state index is 10.4. The van der Waals surface area contributed by atoms with Crippen LogP contribution in [0.5, 0.6) is 0 Å². The van der Waals surface area contributed by atoms with Crippen molar-refractivity contribution in [2.45, 2.75) is 25.5 Å². The summed E-state index contributed by atoms with van der Waals surface area (Å²) in [6.07, 6.45) is 0.732. The third kappa shape index (κ3) is 2.23. The van der Waals surface area contributed by atoms with Crippen LogP contribution in [0, 0.1) is 0 Å². The zero-order chi connectivity index (χ0) is 8.27. The lowest BCUT2D eigenvalue weighted by molar-refractivity contribution is -0.111. The molecule has 0 aromatic carbocycles. The van der Waals surface area contributed by atoms with Gasteiger partial charge in [0, 0.05) is 0 Å². The van der Waals surface area contributed by atoms with Crippen LogP contribution in [0.15, 0.2) is 0 Å². The standard InChI is InChI=1S/C6H14N4O/c1-4-8-5(3-11)10-6(7-2)9-4/h3-10H,1-2H3. The molecular weight excluding hydrogens is 144 g/mol. The molecule has 1 fully saturated rings. The second kappa shape index (κ2) is 3.77. The highest BCUT2D eigenvalue weighted by atomic mass is 16.1. The van der Waals surface area contributed by atoms with Crippen molar-refractivity contribution in [1.29, 1.82) is 0 Å². The van der Waals surface area contributed by atoms with E-state index in [-0.39, 0.29) is 18.6 Å². The van der Waals surface area contributed by atoms with Gasteiger partial charge in [0.25, 0.3) is 0 Å². The van der Waals surface area contributed by atoms with E-state index < -0.39 is 0 Å². The Kier molecular flexibility index (Phi) is 2.95. The number of hydrogen-bond donors (Lipinski definition) is 4. The Morgan fingerprint density at radius 3 is 2.64 bits per heavy atom. The number of nitrogens with one attached hydrogen (secondary N) is 4. The SMILES string of the molecule is CNC1NC(C)NC(C=O)N1. The van der Waals surface area contributed by atoms with Crippen molar-refractivity contribution in [3.8, 4) is 0 Å². The lowest BCUT2D eigenvalue weighted by atomic mass is 10.4. The van der Waals surface area contributed by atoms with Gasteiger partial charge in [0.15, 0.2) is 6.29 Å². The maximum absolute atomic E-state index is 10.4. The van der Waals surface area contributed by atoms with Crippen molar-refractivity contribution in [3.05, 3.63) is 0 Å². The minimum Gasteiger partial charge on any atom is -0.300 e. The number of hydrogen-bond acceptors (Lipinski definition) is 5. The van der Waals surface area contributed by atoms with Crippen LogP contribution in [-0.4, -0.2) is 32.0 Å². The summed E-state index contributed by atoms with van der Waals surface area (Å²) in [6, 6.07) is 0. The van der Waals surface area contributed by atoms with E-state index in [2.05, 4.69) is 21.3 Å². The zero-order valence-electron chi connectivity index (χ0n) is 6.72. The fourth-order valence-corrected chi connectivity index (χ4v) is 1.09. The van der Waals surface area contributed by atoms with Crippen molar-refractivity contribution in [2.24, 2.45) is 0 Å². The third-order valence-corrected chi connectivity index (χ3v) is 1.62. The summed E-state index contributed by atoms with van der Waals surface area (Å²) in [5.41, 5.74) is 0. The normalized spacial score (nSPS) is 38.5. The number of carbonyl (C=O) groups excluding carboxylic acids is 1. The first kappa shape index (κ1) is 8.61. The average molecular weight is 158 g/mol. The van der Waals surface area contributed by atoms with E-state index in [1.165, 1.54) is 0 Å². The van der Waals surface area contributed by atoms with Gasteiger partial charge in [-0.15, -0.1) is 0 Å². The molecule has 1 aliphatic heterocycles. The van der Waals surface area contributed by atoms with Gasteiger partial charge in [-0.05, 0) is 14.0 Å². The van der Waals surface area contributed by atoms with Crippen LogP contribution >= 0.6 is 0 Å². The van der Waals surface area contributed by atoms with Crippen molar-refractivity contribution in [2.75, 3.05) is 7.05 Å². The Morgan fingerprint density at radius 2 is 2.09 bits per heavy atom. The first-order valence-electron chi connectivity index (χ1n) is 3.67. The molecule has 0 bridgehead atoms. The molecular formula is C6H14N4O. The summed E-state index contributed by atoms with van der Waals surface area (Å²) in [6.45, 7) is 1.96. The summed E-state index contributed by atoms with van der Waals surface area (Å²) in [7, 11) is 1.82. The van der Waals surface area contributed by atoms with E-state index in [1.54, 1.807) is 0 Å². The van der Waals surface area contributed by atoms with Gasteiger partial charge in [-0.3, -0.25) is 21.3 Å². The van der Waals surface area contributed by atoms with Crippen LogP contribution in [0.3, 0.4) is 0 Å². The van der Waals surface area contributed by atoms with Crippen molar-refractivity contribution in [1.82, 2.24) is 21.3 Å². The Balaban J connectivity index is 2.43. The van der Waals surface area contributed by atoms with E-state index in [0.29, 0.717) is 0 Å². The van der Waals surface area contributed by atoms with E-state index in [9.17, 15) is 4.79 Å².